The lowest BCUT2D eigenvalue weighted by Gasteiger charge is -2.08. The van der Waals surface area contributed by atoms with Crippen LogP contribution in [0.25, 0.3) is 21.9 Å². The molecule has 3 aromatic rings. The Hall–Kier alpha value is -2.44. The smallest absolute Gasteiger partial charge is 0.305 e. The third-order valence-corrected chi connectivity index (χ3v) is 2.78. The molecule has 7 heteroatoms. The third kappa shape index (κ3) is 1.83. The van der Waals surface area contributed by atoms with Crippen molar-refractivity contribution in [1.29, 1.82) is 0 Å². The van der Waals surface area contributed by atoms with Crippen LogP contribution in [0, 0.1) is 0 Å². The number of hydrogen-bond acceptors (Lipinski definition) is 3. The van der Waals surface area contributed by atoms with E-state index in [4.69, 9.17) is 0 Å². The molecule has 1 aromatic carbocycles. The molecule has 4 nitrogen and oxygen atoms in total. The van der Waals surface area contributed by atoms with Crippen molar-refractivity contribution in [3.8, 4) is 0 Å². The maximum atomic E-state index is 12.7. The van der Waals surface area contributed by atoms with E-state index in [0.29, 0.717) is 0 Å². The summed E-state index contributed by atoms with van der Waals surface area (Å²) in [6.07, 6.45) is -1.75. The Morgan fingerprint density at radius 1 is 1.05 bits per heavy atom. The molecule has 19 heavy (non-hydrogen) atoms. The van der Waals surface area contributed by atoms with Crippen LogP contribution >= 0.6 is 0 Å². The number of pyridine rings is 1. The predicted molar refractivity (Wildman–Crippen MR) is 62.7 cm³/mol. The van der Waals surface area contributed by atoms with Crippen LogP contribution in [0.4, 0.5) is 13.2 Å². The van der Waals surface area contributed by atoms with Crippen LogP contribution in [0.1, 0.15) is 5.56 Å². The maximum absolute atomic E-state index is 12.7. The molecule has 2 heterocycles. The number of nitrogens with zero attached hydrogens (tertiary/aromatic N) is 2. The number of alkyl halides is 3. The molecule has 2 aromatic heterocycles. The molecule has 0 saturated carbocycles. The minimum Gasteiger partial charge on any atom is -0.305 e. The molecule has 0 aliphatic heterocycles. The van der Waals surface area contributed by atoms with Gasteiger partial charge in [-0.15, -0.1) is 0 Å². The number of H-pyrrole nitrogens is 1. The molecular formula is C12H6F3N3O. The van der Waals surface area contributed by atoms with Gasteiger partial charge in [-0.25, -0.2) is 4.98 Å². The van der Waals surface area contributed by atoms with E-state index in [0.717, 1.165) is 18.2 Å². The van der Waals surface area contributed by atoms with Crippen LogP contribution in [0.3, 0.4) is 0 Å². The Bertz CT molecular complexity index is 839. The molecular weight excluding hydrogens is 259 g/mol. The Kier molecular flexibility index (Phi) is 2.31. The first-order valence-corrected chi connectivity index (χ1v) is 5.31. The van der Waals surface area contributed by atoms with Crippen molar-refractivity contribution in [3.05, 3.63) is 46.5 Å². The maximum Gasteiger partial charge on any atom is 0.416 e. The Morgan fingerprint density at radius 3 is 2.53 bits per heavy atom. The van der Waals surface area contributed by atoms with Gasteiger partial charge in [0, 0.05) is 23.2 Å². The molecule has 0 radical (unpaired) electrons. The SMILES string of the molecule is O=c1[nH]c2nccnc2c2cc(C(F)(F)F)ccc12. The van der Waals surface area contributed by atoms with E-state index in [1.807, 2.05) is 0 Å². The van der Waals surface area contributed by atoms with Gasteiger partial charge >= 0.3 is 6.18 Å². The molecule has 0 bridgehead atoms. The highest BCUT2D eigenvalue weighted by Crippen LogP contribution is 2.31. The summed E-state index contributed by atoms with van der Waals surface area (Å²) in [5, 5.41) is 0.294. The quantitative estimate of drug-likeness (QED) is 0.635. The van der Waals surface area contributed by atoms with Crippen LogP contribution in [-0.2, 0) is 6.18 Å². The van der Waals surface area contributed by atoms with Crippen molar-refractivity contribution in [1.82, 2.24) is 15.0 Å². The number of rotatable bonds is 0. The zero-order valence-corrected chi connectivity index (χ0v) is 9.32. The van der Waals surface area contributed by atoms with E-state index in [9.17, 15) is 18.0 Å². The predicted octanol–water partition coefficient (Wildman–Crippen LogP) is 2.49. The zero-order chi connectivity index (χ0) is 13.6. The van der Waals surface area contributed by atoms with Gasteiger partial charge in [0.1, 0.15) is 5.52 Å². The van der Waals surface area contributed by atoms with Gasteiger partial charge in [0.2, 0.25) is 0 Å². The van der Waals surface area contributed by atoms with Crippen LogP contribution in [0.15, 0.2) is 35.4 Å². The number of fused-ring (bicyclic) bond motifs is 3. The normalized spacial score (nSPS) is 12.2. The Morgan fingerprint density at radius 2 is 1.79 bits per heavy atom. The van der Waals surface area contributed by atoms with Crippen molar-refractivity contribution in [2.24, 2.45) is 0 Å². The molecule has 0 atom stereocenters. The average Bonchev–Trinajstić information content (AvgIpc) is 2.37. The minimum atomic E-state index is -4.47. The largest absolute Gasteiger partial charge is 0.416 e. The molecule has 1 N–H and O–H groups in total. The number of aromatic amines is 1. The second-order valence-corrected chi connectivity index (χ2v) is 3.97. The van der Waals surface area contributed by atoms with Gasteiger partial charge in [-0.05, 0) is 18.2 Å². The number of hydrogen-bond donors (Lipinski definition) is 1. The average molecular weight is 265 g/mol. The van der Waals surface area contributed by atoms with E-state index in [-0.39, 0.29) is 21.9 Å². The standard InChI is InChI=1S/C12H6F3N3O/c13-12(14,15)6-1-2-7-8(5-6)9-10(18-11(7)19)17-4-3-16-9/h1-5H,(H,17,18,19). The van der Waals surface area contributed by atoms with Gasteiger partial charge in [0.25, 0.3) is 5.56 Å². The second kappa shape index (κ2) is 3.78. The van der Waals surface area contributed by atoms with E-state index in [2.05, 4.69) is 15.0 Å². The highest BCUT2D eigenvalue weighted by Gasteiger charge is 2.30. The van der Waals surface area contributed by atoms with E-state index in [1.165, 1.54) is 12.4 Å². The minimum absolute atomic E-state index is 0.140. The van der Waals surface area contributed by atoms with Crippen molar-refractivity contribution >= 4 is 21.9 Å². The summed E-state index contributed by atoms with van der Waals surface area (Å²) >= 11 is 0. The lowest BCUT2D eigenvalue weighted by atomic mass is 10.1. The van der Waals surface area contributed by atoms with Gasteiger partial charge in [0.15, 0.2) is 5.65 Å². The molecule has 0 spiro atoms. The Balaban J connectivity index is 2.49. The lowest BCUT2D eigenvalue weighted by Crippen LogP contribution is -2.10. The molecule has 0 saturated heterocycles. The summed E-state index contributed by atoms with van der Waals surface area (Å²) in [4.78, 5) is 22.1. The summed E-state index contributed by atoms with van der Waals surface area (Å²) in [5.41, 5.74) is -0.906. The molecule has 0 unspecified atom stereocenters. The summed E-state index contributed by atoms with van der Waals surface area (Å²) in [6.45, 7) is 0. The molecule has 0 amide bonds. The number of halogens is 3. The van der Waals surface area contributed by atoms with Gasteiger partial charge in [-0.2, -0.15) is 13.2 Å². The fourth-order valence-corrected chi connectivity index (χ4v) is 1.92. The summed E-state index contributed by atoms with van der Waals surface area (Å²) < 4.78 is 38.1. The van der Waals surface area contributed by atoms with Crippen LogP contribution in [0.2, 0.25) is 0 Å². The first-order chi connectivity index (χ1) is 8.97. The topological polar surface area (TPSA) is 58.6 Å². The summed E-state index contributed by atoms with van der Waals surface area (Å²) in [5.74, 6) is 0. The lowest BCUT2D eigenvalue weighted by molar-refractivity contribution is -0.137. The van der Waals surface area contributed by atoms with E-state index >= 15 is 0 Å². The van der Waals surface area contributed by atoms with Crippen molar-refractivity contribution < 1.29 is 13.2 Å². The van der Waals surface area contributed by atoms with E-state index in [1.54, 1.807) is 0 Å². The van der Waals surface area contributed by atoms with Crippen LogP contribution in [0.5, 0.6) is 0 Å². The zero-order valence-electron chi connectivity index (χ0n) is 9.32. The number of benzene rings is 1. The summed E-state index contributed by atoms with van der Waals surface area (Å²) in [6, 6.07) is 2.94. The molecule has 0 aliphatic rings. The first kappa shape index (κ1) is 11.6. The highest BCUT2D eigenvalue weighted by molar-refractivity contribution is 6.01. The van der Waals surface area contributed by atoms with Crippen molar-refractivity contribution in [3.63, 3.8) is 0 Å². The van der Waals surface area contributed by atoms with Crippen LogP contribution < -0.4 is 5.56 Å². The van der Waals surface area contributed by atoms with Crippen molar-refractivity contribution in [2.45, 2.75) is 6.18 Å². The molecule has 0 aliphatic carbocycles. The van der Waals surface area contributed by atoms with Gasteiger partial charge < -0.3 is 4.98 Å². The third-order valence-electron chi connectivity index (χ3n) is 2.78. The highest BCUT2D eigenvalue weighted by atomic mass is 19.4. The van der Waals surface area contributed by atoms with E-state index < -0.39 is 17.3 Å². The fourth-order valence-electron chi connectivity index (χ4n) is 1.92. The molecule has 96 valence electrons. The summed E-state index contributed by atoms with van der Waals surface area (Å²) in [7, 11) is 0. The van der Waals surface area contributed by atoms with Crippen LogP contribution in [-0.4, -0.2) is 15.0 Å². The first-order valence-electron chi connectivity index (χ1n) is 5.31. The second-order valence-electron chi connectivity index (χ2n) is 3.97. The van der Waals surface area contributed by atoms with Crippen molar-refractivity contribution in [2.75, 3.05) is 0 Å². The molecule has 0 fully saturated rings. The molecule has 3 rings (SSSR count). The number of nitrogens with one attached hydrogen (secondary N) is 1. The Labute approximate surface area is 103 Å². The monoisotopic (exact) mass is 265 g/mol. The fraction of sp³-hybridized carbons (Fsp3) is 0.0833. The van der Waals surface area contributed by atoms with Gasteiger partial charge in [-0.1, -0.05) is 0 Å². The number of aromatic nitrogens is 3. The van der Waals surface area contributed by atoms with Gasteiger partial charge in [0.05, 0.1) is 5.56 Å². The van der Waals surface area contributed by atoms with Gasteiger partial charge in [-0.3, -0.25) is 9.78 Å².